The summed E-state index contributed by atoms with van der Waals surface area (Å²) < 4.78 is 50.5. The van der Waals surface area contributed by atoms with Gasteiger partial charge in [0.15, 0.2) is 12.6 Å². The van der Waals surface area contributed by atoms with E-state index in [1.54, 1.807) is 5.32 Å². The van der Waals surface area contributed by atoms with E-state index in [-0.39, 0.29) is 130 Å². The molecule has 1 heterocycles. The first-order chi connectivity index (χ1) is 8.97. The molecule has 15 N–H and O–H groups in total. The van der Waals surface area contributed by atoms with Crippen molar-refractivity contribution in [2.24, 2.45) is 0 Å². The fourth-order valence-corrected chi connectivity index (χ4v) is 10.5. The van der Waals surface area contributed by atoms with Gasteiger partial charge >= 0.3 is 118 Å². The topological polar surface area (TPSA) is 374 Å². The van der Waals surface area contributed by atoms with E-state index in [1.807, 2.05) is 0 Å². The molecule has 1 rings (SSSR count). The average molecular weight is 555 g/mol. The summed E-state index contributed by atoms with van der Waals surface area (Å²) in [5, 5.41) is -1.52. The van der Waals surface area contributed by atoms with Crippen LogP contribution in [0.2, 0.25) is 0 Å². The van der Waals surface area contributed by atoms with Crippen LogP contribution < -0.4 is 118 Å². The van der Waals surface area contributed by atoms with Crippen LogP contribution in [0.4, 0.5) is 0 Å². The van der Waals surface area contributed by atoms with Crippen LogP contribution in [0.1, 0.15) is 13.3 Å². The molecule has 6 atom stereocenters. The second-order valence-electron chi connectivity index (χ2n) is 4.62. The smallest absolute Gasteiger partial charge is 0.778 e. The van der Waals surface area contributed by atoms with Crippen LogP contribution in [0.15, 0.2) is 0 Å². The Morgan fingerprint density at radius 2 is 1.25 bits per heavy atom. The van der Waals surface area contributed by atoms with E-state index < -0.39 is 46.7 Å². The van der Waals surface area contributed by atoms with E-state index in [0.717, 1.165) is 7.05 Å². The maximum absolute atomic E-state index is 11.9. The fraction of sp³-hybridized carbons (Fsp3) is 1.00. The van der Waals surface area contributed by atoms with Crippen molar-refractivity contribution in [1.82, 2.24) is 5.32 Å². The average Bonchev–Trinajstić information content (AvgIpc) is 2.18. The van der Waals surface area contributed by atoms with Crippen molar-refractivity contribution in [3.8, 4) is 0 Å². The Kier molecular flexibility index (Phi) is 25.9. The molecule has 0 aliphatic carbocycles. The van der Waals surface area contributed by atoms with Gasteiger partial charge in [-0.3, -0.25) is 14.4 Å². The molecule has 6 unspecified atom stereocenters. The van der Waals surface area contributed by atoms with Crippen LogP contribution in [0, 0.1) is 0 Å². The standard InChI is InChI=1S/C5H15NO11P4.2K.5H2O/c1-4(18(7,8)9)3-5(6-2,19(10,11)12)21(15,16)17-20(4,13)14;;;;;;;/h6H,3H2,1-2H3,(H,13,14)(H,15,16)(H2,7,8,9)(H2,10,11,12);;;5*1H2/q;2*+1;;;;;/p-2. The molecule has 17 nitrogen and oxygen atoms in total. The van der Waals surface area contributed by atoms with Gasteiger partial charge in [-0.15, -0.1) is 0 Å². The van der Waals surface area contributed by atoms with E-state index >= 15 is 0 Å². The van der Waals surface area contributed by atoms with Crippen molar-refractivity contribution in [3.05, 3.63) is 0 Å². The predicted octanol–water partition coefficient (Wildman–Crippen LogP) is -11.7. The van der Waals surface area contributed by atoms with Crippen molar-refractivity contribution in [2.45, 2.75) is 23.3 Å². The predicted molar refractivity (Wildman–Crippen MR) is 83.3 cm³/mol. The van der Waals surface area contributed by atoms with Gasteiger partial charge in [0.2, 0.25) is 0 Å². The SMILES string of the molecule is CNC1(P(=O)([O-])O)CC(C)(P(=O)([O-])O)P(=O)(O)OP1(=O)O.O.O.O.O.O.[K+].[K+]. The first-order valence-electron chi connectivity index (χ1n) is 5.11. The molecular formula is C5H23K2NO16P4. The van der Waals surface area contributed by atoms with Crippen molar-refractivity contribution in [2.75, 3.05) is 7.05 Å². The Bertz CT molecular complexity index is 649. The monoisotopic (exact) mass is 555 g/mol. The van der Waals surface area contributed by atoms with Gasteiger partial charge in [0, 0.05) is 6.42 Å². The number of hydrogen-bond donors (Lipinski definition) is 5. The fourth-order valence-electron chi connectivity index (χ4n) is 1.86. The largest absolute Gasteiger partial charge is 1.00 e. The summed E-state index contributed by atoms with van der Waals surface area (Å²) >= 11 is 0. The molecule has 0 saturated carbocycles. The van der Waals surface area contributed by atoms with Crippen LogP contribution in [-0.4, -0.2) is 63.9 Å². The van der Waals surface area contributed by atoms with Crippen LogP contribution >= 0.6 is 30.4 Å². The molecule has 0 radical (unpaired) electrons. The van der Waals surface area contributed by atoms with Gasteiger partial charge in [-0.05, 0) is 14.0 Å². The minimum atomic E-state index is -5.80. The molecule has 1 fully saturated rings. The molecule has 1 aliphatic rings. The quantitative estimate of drug-likeness (QED) is 0.160. The summed E-state index contributed by atoms with van der Waals surface area (Å²) in [7, 11) is -21.7. The minimum absolute atomic E-state index is 0. The van der Waals surface area contributed by atoms with Crippen molar-refractivity contribution in [1.29, 1.82) is 0 Å². The zero-order chi connectivity index (χ0) is 17.1. The molecule has 1 aliphatic heterocycles. The molecular weight excluding hydrogens is 532 g/mol. The van der Waals surface area contributed by atoms with E-state index in [9.17, 15) is 42.7 Å². The van der Waals surface area contributed by atoms with Gasteiger partial charge in [-0.1, -0.05) is 0 Å². The summed E-state index contributed by atoms with van der Waals surface area (Å²) in [5.41, 5.74) is 0. The summed E-state index contributed by atoms with van der Waals surface area (Å²) in [5.74, 6) is 0. The third kappa shape index (κ3) is 8.16. The van der Waals surface area contributed by atoms with E-state index in [4.69, 9.17) is 4.89 Å². The van der Waals surface area contributed by atoms with Crippen LogP contribution in [0.3, 0.4) is 0 Å². The Balaban J connectivity index is -0.000000126. The Hall–Kier alpha value is 3.67. The Labute approximate surface area is 244 Å². The van der Waals surface area contributed by atoms with Crippen molar-refractivity contribution in [3.63, 3.8) is 0 Å². The third-order valence-corrected chi connectivity index (χ3v) is 13.5. The molecule has 0 bridgehead atoms. The number of rotatable bonds is 3. The normalized spacial score (nSPS) is 37.6. The van der Waals surface area contributed by atoms with Gasteiger partial charge in [-0.2, -0.15) is 0 Å². The zero-order valence-corrected chi connectivity index (χ0v) is 25.0. The van der Waals surface area contributed by atoms with Gasteiger partial charge in [-0.25, -0.2) is 4.31 Å². The Morgan fingerprint density at radius 3 is 1.46 bits per heavy atom. The van der Waals surface area contributed by atoms with Crippen LogP contribution in [0.5, 0.6) is 0 Å². The molecule has 166 valence electrons. The summed E-state index contributed by atoms with van der Waals surface area (Å²) in [6, 6.07) is 0. The summed E-state index contributed by atoms with van der Waals surface area (Å²) in [6.45, 7) is 0.461. The zero-order valence-electron chi connectivity index (χ0n) is 15.1. The van der Waals surface area contributed by atoms with E-state index in [0.29, 0.717) is 6.92 Å². The van der Waals surface area contributed by atoms with Gasteiger partial charge in [0.25, 0.3) is 0 Å². The second-order valence-corrected chi connectivity index (χ2v) is 13.6. The van der Waals surface area contributed by atoms with Crippen molar-refractivity contribution < 1.29 is 182 Å². The summed E-state index contributed by atoms with van der Waals surface area (Å²) in [6.07, 6.45) is -1.58. The molecule has 0 aromatic rings. The molecule has 23 heteroatoms. The third-order valence-electron chi connectivity index (χ3n) is 3.36. The van der Waals surface area contributed by atoms with Gasteiger partial charge in [0.1, 0.15) is 12.5 Å². The van der Waals surface area contributed by atoms with Gasteiger partial charge < -0.3 is 65.9 Å². The summed E-state index contributed by atoms with van der Waals surface area (Å²) in [4.78, 5) is 57.1. The molecule has 1 saturated heterocycles. The van der Waals surface area contributed by atoms with E-state index in [1.165, 1.54) is 0 Å². The maximum atomic E-state index is 11.9. The molecule has 0 aromatic heterocycles. The number of nitrogens with one attached hydrogen (secondary N) is 1. The van der Waals surface area contributed by atoms with Crippen molar-refractivity contribution >= 4 is 30.4 Å². The second kappa shape index (κ2) is 14.8. The molecule has 0 amide bonds. The van der Waals surface area contributed by atoms with Crippen LogP contribution in [0.25, 0.3) is 0 Å². The van der Waals surface area contributed by atoms with E-state index in [2.05, 4.69) is 4.31 Å². The minimum Gasteiger partial charge on any atom is -0.778 e. The molecule has 0 aromatic carbocycles. The first-order valence-corrected chi connectivity index (χ1v) is 11.4. The van der Waals surface area contributed by atoms with Gasteiger partial charge in [0.05, 0.1) is 0 Å². The molecule has 0 spiro atoms. The Morgan fingerprint density at radius 1 is 0.929 bits per heavy atom. The number of hydrogen-bond acceptors (Lipinski definition) is 8. The molecule has 28 heavy (non-hydrogen) atoms. The maximum Gasteiger partial charge on any atom is 1.00 e. The van der Waals surface area contributed by atoms with Crippen LogP contribution in [-0.2, 0) is 22.6 Å². The first kappa shape index (κ1) is 49.0.